The molecule has 0 radical (unpaired) electrons. The molecule has 0 bridgehead atoms. The Balaban J connectivity index is 1.90. The summed E-state index contributed by atoms with van der Waals surface area (Å²) in [5, 5.41) is 14.3. The fourth-order valence-electron chi connectivity index (χ4n) is 4.45. The second kappa shape index (κ2) is 8.38. The van der Waals surface area contributed by atoms with Crippen LogP contribution in [0.5, 0.6) is 0 Å². The normalized spacial score (nSPS) is 15.8. The summed E-state index contributed by atoms with van der Waals surface area (Å²) in [5.41, 5.74) is 5.46. The van der Waals surface area contributed by atoms with Gasteiger partial charge in [0.05, 0.1) is 23.7 Å². The van der Waals surface area contributed by atoms with Gasteiger partial charge in [-0.25, -0.2) is 13.8 Å². The molecule has 2 aromatic heterocycles. The minimum atomic E-state index is -1.28. The van der Waals surface area contributed by atoms with Crippen LogP contribution in [0.15, 0.2) is 18.2 Å². The lowest BCUT2D eigenvalue weighted by Crippen LogP contribution is -2.19. The van der Waals surface area contributed by atoms with Crippen LogP contribution < -0.4 is 0 Å². The molecule has 0 aliphatic heterocycles. The molecule has 1 aromatic carbocycles. The summed E-state index contributed by atoms with van der Waals surface area (Å²) in [6.07, 6.45) is 3.00. The third-order valence-electron chi connectivity index (χ3n) is 6.05. The van der Waals surface area contributed by atoms with E-state index >= 15 is 4.39 Å². The number of aromatic nitrogens is 4. The molecule has 1 unspecified atom stereocenters. The molecule has 1 atom stereocenters. The highest BCUT2D eigenvalue weighted by atomic mass is 19.1. The number of aliphatic hydroxyl groups excluding tert-OH is 1. The van der Waals surface area contributed by atoms with E-state index in [1.807, 2.05) is 33.0 Å². The van der Waals surface area contributed by atoms with Crippen molar-refractivity contribution >= 4 is 11.8 Å². The highest BCUT2D eigenvalue weighted by molar-refractivity contribution is 5.81. The number of aryl methyl sites for hydroxylation is 2. The summed E-state index contributed by atoms with van der Waals surface area (Å²) >= 11 is 0. The predicted octanol–water partition coefficient (Wildman–Crippen LogP) is 4.63. The first-order valence-electron chi connectivity index (χ1n) is 10.8. The molecule has 3 aromatic rings. The monoisotopic (exact) mass is 426 g/mol. The number of rotatable bonds is 6. The van der Waals surface area contributed by atoms with Crippen molar-refractivity contribution in [1.82, 2.24) is 19.3 Å². The zero-order valence-corrected chi connectivity index (χ0v) is 18.4. The highest BCUT2D eigenvalue weighted by Gasteiger charge is 2.30. The Hall–Kier alpha value is -2.80. The first kappa shape index (κ1) is 21.4. The zero-order chi connectivity index (χ0) is 22.3. The number of fused-ring (bicyclic) bond motifs is 1. The average molecular weight is 427 g/mol. The Labute approximate surface area is 181 Å². The van der Waals surface area contributed by atoms with Crippen LogP contribution in [-0.4, -0.2) is 30.6 Å². The van der Waals surface area contributed by atoms with E-state index < -0.39 is 6.17 Å². The summed E-state index contributed by atoms with van der Waals surface area (Å²) in [6.45, 7) is 5.58. The molecule has 0 spiro atoms. The van der Waals surface area contributed by atoms with Crippen molar-refractivity contribution < 1.29 is 13.9 Å². The van der Waals surface area contributed by atoms with Gasteiger partial charge in [0.1, 0.15) is 17.8 Å². The minimum Gasteiger partial charge on any atom is -0.390 e. The van der Waals surface area contributed by atoms with Crippen LogP contribution in [-0.2, 0) is 32.9 Å². The van der Waals surface area contributed by atoms with Crippen LogP contribution >= 0.6 is 0 Å². The second-order valence-electron chi connectivity index (χ2n) is 8.04. The van der Waals surface area contributed by atoms with E-state index in [1.165, 1.54) is 6.07 Å². The Bertz CT molecular complexity index is 1160. The van der Waals surface area contributed by atoms with Gasteiger partial charge in [0.25, 0.3) is 0 Å². The topological polar surface area (TPSA) is 55.9 Å². The van der Waals surface area contributed by atoms with Crippen molar-refractivity contribution in [2.45, 2.75) is 59.2 Å². The third kappa shape index (κ3) is 3.61. The van der Waals surface area contributed by atoms with Crippen LogP contribution in [0.2, 0.25) is 0 Å². The van der Waals surface area contributed by atoms with E-state index in [1.54, 1.807) is 22.2 Å². The molecule has 31 heavy (non-hydrogen) atoms. The van der Waals surface area contributed by atoms with Crippen LogP contribution in [0.25, 0.3) is 23.2 Å². The number of alkyl halides is 1. The van der Waals surface area contributed by atoms with Gasteiger partial charge in [-0.2, -0.15) is 5.10 Å². The van der Waals surface area contributed by atoms with E-state index in [9.17, 15) is 9.50 Å². The summed E-state index contributed by atoms with van der Waals surface area (Å²) in [4.78, 5) is 4.55. The molecule has 4 rings (SSSR count). The van der Waals surface area contributed by atoms with E-state index in [0.29, 0.717) is 40.5 Å². The SMILES string of the molecule is CCCc1ccc(-c2nc(CO)c(C)n2C2=Cc3c(nn(C)c3CC)CC2F)cc1F. The van der Waals surface area contributed by atoms with Gasteiger partial charge in [-0.1, -0.05) is 32.4 Å². The largest absolute Gasteiger partial charge is 0.390 e. The molecule has 0 saturated heterocycles. The molecule has 0 fully saturated rings. The van der Waals surface area contributed by atoms with Crippen molar-refractivity contribution in [3.63, 3.8) is 0 Å². The summed E-state index contributed by atoms with van der Waals surface area (Å²) < 4.78 is 33.6. The minimum absolute atomic E-state index is 0.171. The summed E-state index contributed by atoms with van der Waals surface area (Å²) in [6, 6.07) is 5.03. The van der Waals surface area contributed by atoms with Gasteiger partial charge in [0, 0.05) is 36.0 Å². The van der Waals surface area contributed by atoms with Gasteiger partial charge in [-0.05, 0) is 37.5 Å². The number of imidazole rings is 1. The fraction of sp³-hybridized carbons (Fsp3) is 0.417. The molecule has 7 heteroatoms. The number of aliphatic hydroxyl groups is 1. The Kier molecular flexibility index (Phi) is 5.79. The third-order valence-corrected chi connectivity index (χ3v) is 6.05. The van der Waals surface area contributed by atoms with Crippen molar-refractivity contribution in [2.75, 3.05) is 0 Å². The summed E-state index contributed by atoms with van der Waals surface area (Å²) in [7, 11) is 1.87. The highest BCUT2D eigenvalue weighted by Crippen LogP contribution is 2.36. The molecule has 164 valence electrons. The van der Waals surface area contributed by atoms with Gasteiger partial charge < -0.3 is 5.11 Å². The smallest absolute Gasteiger partial charge is 0.146 e. The molecule has 1 aliphatic rings. The number of halogens is 2. The maximum atomic E-state index is 15.4. The zero-order valence-electron chi connectivity index (χ0n) is 18.4. The van der Waals surface area contributed by atoms with Gasteiger partial charge in [0.15, 0.2) is 0 Å². The molecular formula is C24H28F2N4O. The Morgan fingerprint density at radius 1 is 1.26 bits per heavy atom. The summed E-state index contributed by atoms with van der Waals surface area (Å²) in [5.74, 6) is 0.136. The number of hydrogen-bond acceptors (Lipinski definition) is 3. The first-order valence-corrected chi connectivity index (χ1v) is 10.8. The second-order valence-corrected chi connectivity index (χ2v) is 8.04. The van der Waals surface area contributed by atoms with E-state index in [0.717, 1.165) is 29.8 Å². The van der Waals surface area contributed by atoms with Gasteiger partial charge >= 0.3 is 0 Å². The molecule has 0 saturated carbocycles. The van der Waals surface area contributed by atoms with Crippen molar-refractivity contribution in [1.29, 1.82) is 0 Å². The molecule has 5 nitrogen and oxygen atoms in total. The van der Waals surface area contributed by atoms with Crippen LogP contribution in [0, 0.1) is 12.7 Å². The molecule has 0 amide bonds. The lowest BCUT2D eigenvalue weighted by molar-refractivity contribution is 0.276. The standard InChI is InChI=1S/C24H28F2N4O/c1-5-7-15-8-9-16(10-18(15)25)24-27-21(13-31)14(3)30(24)23-11-17-20(12-19(23)26)28-29(4)22(17)6-2/h8-11,19,31H,5-7,12-13H2,1-4H3. The Morgan fingerprint density at radius 3 is 2.68 bits per heavy atom. The maximum absolute atomic E-state index is 15.4. The first-order chi connectivity index (χ1) is 14.9. The Morgan fingerprint density at radius 2 is 2.03 bits per heavy atom. The van der Waals surface area contributed by atoms with Crippen molar-refractivity contribution in [3.05, 3.63) is 57.9 Å². The quantitative estimate of drug-likeness (QED) is 0.625. The maximum Gasteiger partial charge on any atom is 0.146 e. The lowest BCUT2D eigenvalue weighted by Gasteiger charge is -2.22. The van der Waals surface area contributed by atoms with Crippen LogP contribution in [0.1, 0.15) is 54.2 Å². The van der Waals surface area contributed by atoms with Crippen molar-refractivity contribution in [2.24, 2.45) is 7.05 Å². The van der Waals surface area contributed by atoms with Gasteiger partial charge in [0.2, 0.25) is 0 Å². The predicted molar refractivity (Wildman–Crippen MR) is 118 cm³/mol. The van der Waals surface area contributed by atoms with Gasteiger partial charge in [-0.3, -0.25) is 9.25 Å². The number of nitrogens with zero attached hydrogens (tertiary/aromatic N) is 4. The van der Waals surface area contributed by atoms with E-state index in [4.69, 9.17) is 0 Å². The van der Waals surface area contributed by atoms with Crippen LogP contribution in [0.3, 0.4) is 0 Å². The van der Waals surface area contributed by atoms with Gasteiger partial charge in [-0.15, -0.1) is 0 Å². The molecule has 1 N–H and O–H groups in total. The van der Waals surface area contributed by atoms with Crippen molar-refractivity contribution in [3.8, 4) is 11.4 Å². The van der Waals surface area contributed by atoms with Crippen LogP contribution in [0.4, 0.5) is 8.78 Å². The average Bonchev–Trinajstić information content (AvgIpc) is 3.23. The molecule has 2 heterocycles. The number of benzene rings is 1. The molecule has 1 aliphatic carbocycles. The number of hydrogen-bond donors (Lipinski definition) is 1. The van der Waals surface area contributed by atoms with E-state index in [-0.39, 0.29) is 18.8 Å². The lowest BCUT2D eigenvalue weighted by atomic mass is 9.97. The molecular weight excluding hydrogens is 398 g/mol. The fourth-order valence-corrected chi connectivity index (χ4v) is 4.45. The number of allylic oxidation sites excluding steroid dienone is 1. The van der Waals surface area contributed by atoms with E-state index in [2.05, 4.69) is 10.1 Å².